The van der Waals surface area contributed by atoms with Gasteiger partial charge in [0, 0.05) is 13.2 Å². The van der Waals surface area contributed by atoms with E-state index in [0.717, 1.165) is 11.1 Å². The molecule has 1 aromatic rings. The van der Waals surface area contributed by atoms with Crippen LogP contribution >= 0.6 is 0 Å². The molecule has 0 aliphatic rings. The highest BCUT2D eigenvalue weighted by molar-refractivity contribution is 5.50. The van der Waals surface area contributed by atoms with E-state index < -0.39 is 0 Å². The van der Waals surface area contributed by atoms with Crippen LogP contribution in [0.5, 0.6) is 0 Å². The smallest absolute Gasteiger partial charge is 0.0471 e. The lowest BCUT2D eigenvalue weighted by atomic mass is 10.1. The van der Waals surface area contributed by atoms with Crippen LogP contribution < -0.4 is 5.73 Å². The van der Waals surface area contributed by atoms with Crippen molar-refractivity contribution in [3.05, 3.63) is 41.5 Å². The predicted molar refractivity (Wildman–Crippen MR) is 55.3 cm³/mol. The second-order valence-electron chi connectivity index (χ2n) is 2.86. The van der Waals surface area contributed by atoms with Crippen molar-refractivity contribution >= 4 is 6.08 Å². The van der Waals surface area contributed by atoms with Crippen LogP contribution in [0.3, 0.4) is 0 Å². The molecule has 70 valence electrons. The summed E-state index contributed by atoms with van der Waals surface area (Å²) in [6.07, 6.45) is 4.61. The van der Waals surface area contributed by atoms with Gasteiger partial charge in [0.2, 0.25) is 0 Å². The third-order valence-corrected chi connectivity index (χ3v) is 1.80. The zero-order valence-electron chi connectivity index (χ0n) is 7.61. The highest BCUT2D eigenvalue weighted by Crippen LogP contribution is 2.07. The Kier molecular flexibility index (Phi) is 4.23. The van der Waals surface area contributed by atoms with E-state index >= 15 is 0 Å². The molecule has 0 saturated carbocycles. The standard InChI is InChI=1S/C11H15NO/c12-7-2-5-10-3-1-4-11(9-10)6-8-13/h1-5,9,13H,6-8,12H2/b5-2+. The third-order valence-electron chi connectivity index (χ3n) is 1.80. The highest BCUT2D eigenvalue weighted by Gasteiger charge is 1.91. The van der Waals surface area contributed by atoms with E-state index in [1.807, 2.05) is 30.4 Å². The van der Waals surface area contributed by atoms with Gasteiger partial charge in [-0.3, -0.25) is 0 Å². The van der Waals surface area contributed by atoms with Crippen LogP contribution in [0.1, 0.15) is 11.1 Å². The zero-order chi connectivity index (χ0) is 9.52. The average Bonchev–Trinajstić information content (AvgIpc) is 2.16. The van der Waals surface area contributed by atoms with Crippen LogP contribution in [0.2, 0.25) is 0 Å². The van der Waals surface area contributed by atoms with Gasteiger partial charge in [0.15, 0.2) is 0 Å². The van der Waals surface area contributed by atoms with E-state index in [2.05, 4.69) is 6.07 Å². The number of nitrogens with two attached hydrogens (primary N) is 1. The molecule has 0 unspecified atom stereocenters. The van der Waals surface area contributed by atoms with Crippen molar-refractivity contribution in [2.75, 3.05) is 13.2 Å². The molecular formula is C11H15NO. The summed E-state index contributed by atoms with van der Waals surface area (Å²) >= 11 is 0. The van der Waals surface area contributed by atoms with Crippen molar-refractivity contribution in [3.8, 4) is 0 Å². The lowest BCUT2D eigenvalue weighted by Crippen LogP contribution is -1.93. The first-order chi connectivity index (χ1) is 6.36. The maximum Gasteiger partial charge on any atom is 0.0471 e. The van der Waals surface area contributed by atoms with Crippen molar-refractivity contribution in [1.29, 1.82) is 0 Å². The average molecular weight is 177 g/mol. The van der Waals surface area contributed by atoms with Gasteiger partial charge in [-0.15, -0.1) is 0 Å². The molecule has 2 nitrogen and oxygen atoms in total. The van der Waals surface area contributed by atoms with E-state index in [-0.39, 0.29) is 6.61 Å². The zero-order valence-corrected chi connectivity index (χ0v) is 7.61. The minimum atomic E-state index is 0.198. The van der Waals surface area contributed by atoms with Crippen molar-refractivity contribution in [2.24, 2.45) is 5.73 Å². The fourth-order valence-electron chi connectivity index (χ4n) is 1.19. The van der Waals surface area contributed by atoms with Gasteiger partial charge in [-0.1, -0.05) is 36.4 Å². The van der Waals surface area contributed by atoms with Gasteiger partial charge in [0.1, 0.15) is 0 Å². The Morgan fingerprint density at radius 3 is 2.92 bits per heavy atom. The number of aliphatic hydroxyl groups is 1. The summed E-state index contributed by atoms with van der Waals surface area (Å²) in [5, 5.41) is 8.75. The van der Waals surface area contributed by atoms with Crippen molar-refractivity contribution in [1.82, 2.24) is 0 Å². The molecule has 0 aromatic heterocycles. The van der Waals surface area contributed by atoms with Gasteiger partial charge in [-0.05, 0) is 17.5 Å². The third kappa shape index (κ3) is 3.40. The van der Waals surface area contributed by atoms with E-state index in [9.17, 15) is 0 Å². The molecule has 13 heavy (non-hydrogen) atoms. The van der Waals surface area contributed by atoms with Crippen molar-refractivity contribution in [2.45, 2.75) is 6.42 Å². The minimum absolute atomic E-state index is 0.198. The van der Waals surface area contributed by atoms with Gasteiger partial charge in [0.05, 0.1) is 0 Å². The molecule has 0 bridgehead atoms. The van der Waals surface area contributed by atoms with E-state index in [0.29, 0.717) is 13.0 Å². The number of benzene rings is 1. The fraction of sp³-hybridized carbons (Fsp3) is 0.273. The van der Waals surface area contributed by atoms with E-state index in [1.54, 1.807) is 0 Å². The lowest BCUT2D eigenvalue weighted by Gasteiger charge is -1.99. The van der Waals surface area contributed by atoms with Crippen LogP contribution in [0.4, 0.5) is 0 Å². The molecule has 0 fully saturated rings. The van der Waals surface area contributed by atoms with Gasteiger partial charge >= 0.3 is 0 Å². The molecule has 2 heteroatoms. The summed E-state index contributed by atoms with van der Waals surface area (Å²) in [4.78, 5) is 0. The number of aliphatic hydroxyl groups excluding tert-OH is 1. The summed E-state index contributed by atoms with van der Waals surface area (Å²) in [5.41, 5.74) is 7.64. The molecule has 3 N–H and O–H groups in total. The normalized spacial score (nSPS) is 10.9. The molecule has 0 spiro atoms. The first-order valence-corrected chi connectivity index (χ1v) is 4.43. The van der Waals surface area contributed by atoms with Crippen LogP contribution in [0.15, 0.2) is 30.3 Å². The molecule has 0 aliphatic heterocycles. The summed E-state index contributed by atoms with van der Waals surface area (Å²) in [6.45, 7) is 0.758. The van der Waals surface area contributed by atoms with Crippen LogP contribution in [-0.4, -0.2) is 18.3 Å². The summed E-state index contributed by atoms with van der Waals surface area (Å²) < 4.78 is 0. The molecule has 0 radical (unpaired) electrons. The van der Waals surface area contributed by atoms with Gasteiger partial charge in [0.25, 0.3) is 0 Å². The predicted octanol–water partition coefficient (Wildman–Crippen LogP) is 1.19. The first kappa shape index (κ1) is 9.96. The van der Waals surface area contributed by atoms with Gasteiger partial charge < -0.3 is 10.8 Å². The fourth-order valence-corrected chi connectivity index (χ4v) is 1.19. The Bertz CT molecular complexity index is 281. The molecule has 0 saturated heterocycles. The van der Waals surface area contributed by atoms with E-state index in [1.165, 1.54) is 0 Å². The molecule has 0 aliphatic carbocycles. The maximum atomic E-state index is 8.75. The van der Waals surface area contributed by atoms with Crippen molar-refractivity contribution < 1.29 is 5.11 Å². The number of rotatable bonds is 4. The Hall–Kier alpha value is -1.12. The molecule has 1 aromatic carbocycles. The van der Waals surface area contributed by atoms with Gasteiger partial charge in [-0.25, -0.2) is 0 Å². The SMILES string of the molecule is NC/C=C/c1cccc(CCO)c1. The Balaban J connectivity index is 2.73. The second kappa shape index (κ2) is 5.51. The molecule has 1 rings (SSSR count). The highest BCUT2D eigenvalue weighted by atomic mass is 16.2. The largest absolute Gasteiger partial charge is 0.396 e. The summed E-state index contributed by atoms with van der Waals surface area (Å²) in [6, 6.07) is 8.08. The first-order valence-electron chi connectivity index (χ1n) is 4.43. The molecular weight excluding hydrogens is 162 g/mol. The molecule has 0 heterocycles. The van der Waals surface area contributed by atoms with Crippen LogP contribution in [0, 0.1) is 0 Å². The van der Waals surface area contributed by atoms with Crippen molar-refractivity contribution in [3.63, 3.8) is 0 Å². The molecule has 0 atom stereocenters. The van der Waals surface area contributed by atoms with Crippen LogP contribution in [-0.2, 0) is 6.42 Å². The summed E-state index contributed by atoms with van der Waals surface area (Å²) in [5.74, 6) is 0. The Morgan fingerprint density at radius 2 is 2.23 bits per heavy atom. The quantitative estimate of drug-likeness (QED) is 0.725. The maximum absolute atomic E-state index is 8.75. The van der Waals surface area contributed by atoms with E-state index in [4.69, 9.17) is 10.8 Å². The second-order valence-corrected chi connectivity index (χ2v) is 2.86. The molecule has 0 amide bonds. The topological polar surface area (TPSA) is 46.2 Å². The van der Waals surface area contributed by atoms with Crippen LogP contribution in [0.25, 0.3) is 6.08 Å². The monoisotopic (exact) mass is 177 g/mol. The summed E-state index contributed by atoms with van der Waals surface area (Å²) in [7, 11) is 0. The Labute approximate surface area is 78.7 Å². The van der Waals surface area contributed by atoms with Gasteiger partial charge in [-0.2, -0.15) is 0 Å². The lowest BCUT2D eigenvalue weighted by molar-refractivity contribution is 0.299. The minimum Gasteiger partial charge on any atom is -0.396 e. The Morgan fingerprint density at radius 1 is 1.38 bits per heavy atom. The number of hydrogen-bond acceptors (Lipinski definition) is 2. The number of hydrogen-bond donors (Lipinski definition) is 2.